The van der Waals surface area contributed by atoms with Crippen molar-refractivity contribution in [3.63, 3.8) is 0 Å². The van der Waals surface area contributed by atoms with Gasteiger partial charge in [-0.25, -0.2) is 9.59 Å². The van der Waals surface area contributed by atoms with Crippen LogP contribution >= 0.6 is 0 Å². The highest BCUT2D eigenvalue weighted by Crippen LogP contribution is 2.38. The van der Waals surface area contributed by atoms with Crippen molar-refractivity contribution in [3.05, 3.63) is 95.1 Å². The zero-order valence-electron chi connectivity index (χ0n) is 23.5. The molecule has 3 aromatic rings. The predicted octanol–water partition coefficient (Wildman–Crippen LogP) is 5.14. The van der Waals surface area contributed by atoms with E-state index in [-0.39, 0.29) is 37.9 Å². The molecule has 2 amide bonds. The van der Waals surface area contributed by atoms with Gasteiger partial charge < -0.3 is 25.2 Å². The Labute approximate surface area is 245 Å². The number of benzene rings is 3. The minimum Gasteiger partial charge on any atom is -0.480 e. The van der Waals surface area contributed by atoms with Crippen LogP contribution in [0.2, 0.25) is 0 Å². The van der Waals surface area contributed by atoms with E-state index in [0.29, 0.717) is 25.8 Å². The third-order valence-corrected chi connectivity index (χ3v) is 7.18. The van der Waals surface area contributed by atoms with Crippen LogP contribution < -0.4 is 10.6 Å². The lowest BCUT2D eigenvalue weighted by Crippen LogP contribution is -2.42. The molecule has 0 unspecified atom stereocenters. The second-order valence-electron chi connectivity index (χ2n) is 10.2. The van der Waals surface area contributed by atoms with Gasteiger partial charge in [0.2, 0.25) is 5.91 Å². The summed E-state index contributed by atoms with van der Waals surface area (Å²) in [6.45, 7) is 0.681. The number of carboxylic acids is 1. The summed E-state index contributed by atoms with van der Waals surface area (Å²) < 4.78 is 10.6. The number of carbonyl (C=O) groups excluding carboxylic acids is 3. The van der Waals surface area contributed by atoms with Gasteiger partial charge in [0.05, 0.1) is 0 Å². The van der Waals surface area contributed by atoms with Crippen molar-refractivity contribution in [2.45, 2.75) is 64.2 Å². The third kappa shape index (κ3) is 8.92. The van der Waals surface area contributed by atoms with Crippen LogP contribution in [-0.4, -0.2) is 41.6 Å². The Morgan fingerprint density at radius 3 is 2.36 bits per heavy atom. The summed E-state index contributed by atoms with van der Waals surface area (Å²) in [5.74, 6) is -1.81. The molecule has 1 aliphatic rings. The van der Waals surface area contributed by atoms with Crippen molar-refractivity contribution in [3.8, 4) is 11.1 Å². The molecule has 4 rings (SSSR count). The lowest BCUT2D eigenvalue weighted by atomic mass is 10.0. The lowest BCUT2D eigenvalue weighted by Gasteiger charge is -2.15. The van der Waals surface area contributed by atoms with Gasteiger partial charge in [-0.05, 0) is 59.1 Å². The SMILES string of the molecule is O=C(CC[C@H](NC(=O)OCc1cccc2c1Cc1ccccc1-2)C(=O)O)NCCCCCC(=O)OCc1ccccc1. The second kappa shape index (κ2) is 15.4. The fraction of sp³-hybridized carbons (Fsp3) is 0.333. The van der Waals surface area contributed by atoms with Gasteiger partial charge in [-0.3, -0.25) is 9.59 Å². The van der Waals surface area contributed by atoms with E-state index >= 15 is 0 Å². The quantitative estimate of drug-likeness (QED) is 0.133. The Morgan fingerprint density at radius 2 is 1.55 bits per heavy atom. The van der Waals surface area contributed by atoms with Crippen LogP contribution in [0.3, 0.4) is 0 Å². The topological polar surface area (TPSA) is 131 Å². The number of hydrogen-bond acceptors (Lipinski definition) is 6. The second-order valence-corrected chi connectivity index (χ2v) is 10.2. The van der Waals surface area contributed by atoms with Crippen molar-refractivity contribution in [2.24, 2.45) is 0 Å². The van der Waals surface area contributed by atoms with Gasteiger partial charge in [-0.2, -0.15) is 0 Å². The number of unbranched alkanes of at least 4 members (excludes halogenated alkanes) is 2. The summed E-state index contributed by atoms with van der Waals surface area (Å²) in [6, 6.07) is 22.2. The van der Waals surface area contributed by atoms with Gasteiger partial charge in [0, 0.05) is 19.4 Å². The van der Waals surface area contributed by atoms with E-state index in [4.69, 9.17) is 9.47 Å². The molecule has 1 aliphatic carbocycles. The highest BCUT2D eigenvalue weighted by atomic mass is 16.5. The summed E-state index contributed by atoms with van der Waals surface area (Å²) in [6.07, 6.45) is 2.15. The first-order chi connectivity index (χ1) is 20.4. The van der Waals surface area contributed by atoms with Gasteiger partial charge >= 0.3 is 18.0 Å². The molecule has 42 heavy (non-hydrogen) atoms. The van der Waals surface area contributed by atoms with E-state index in [1.165, 1.54) is 11.1 Å². The van der Waals surface area contributed by atoms with E-state index in [0.717, 1.165) is 35.1 Å². The van der Waals surface area contributed by atoms with E-state index in [1.54, 1.807) is 0 Å². The van der Waals surface area contributed by atoms with Crippen LogP contribution in [0.5, 0.6) is 0 Å². The maximum Gasteiger partial charge on any atom is 0.408 e. The van der Waals surface area contributed by atoms with Gasteiger partial charge in [0.1, 0.15) is 19.3 Å². The number of carbonyl (C=O) groups is 4. The normalized spacial score (nSPS) is 12.0. The Bertz CT molecular complexity index is 1390. The number of carboxylic acid groups (broad SMARTS) is 1. The van der Waals surface area contributed by atoms with Gasteiger partial charge in [0.15, 0.2) is 0 Å². The molecule has 9 heteroatoms. The number of fused-ring (bicyclic) bond motifs is 3. The van der Waals surface area contributed by atoms with Crippen LogP contribution in [0.1, 0.15) is 60.8 Å². The molecular weight excluding hydrogens is 536 g/mol. The predicted molar refractivity (Wildman–Crippen MR) is 156 cm³/mol. The number of esters is 1. The minimum absolute atomic E-state index is 0.0145. The van der Waals surface area contributed by atoms with E-state index < -0.39 is 18.1 Å². The van der Waals surface area contributed by atoms with E-state index in [9.17, 15) is 24.3 Å². The van der Waals surface area contributed by atoms with Gasteiger partial charge in [-0.1, -0.05) is 79.2 Å². The van der Waals surface area contributed by atoms with Crippen LogP contribution in [0.25, 0.3) is 11.1 Å². The van der Waals surface area contributed by atoms with Crippen molar-refractivity contribution >= 4 is 23.9 Å². The van der Waals surface area contributed by atoms with Crippen molar-refractivity contribution in [1.29, 1.82) is 0 Å². The molecule has 0 aliphatic heterocycles. The lowest BCUT2D eigenvalue weighted by molar-refractivity contribution is -0.145. The molecule has 0 saturated heterocycles. The standard InChI is InChI=1S/C33H36N2O7/c36-30(34-19-8-2-5-16-31(37)41-21-23-10-3-1-4-11-23)18-17-29(32(38)39)35-33(40)42-22-25-13-9-15-27-26-14-7-6-12-24(26)20-28(25)27/h1,3-4,6-7,9-15,29H,2,5,8,16-22H2,(H,34,36)(H,35,40)(H,38,39)/t29-/m0/s1. The first-order valence-corrected chi connectivity index (χ1v) is 14.2. The number of rotatable bonds is 15. The first kappa shape index (κ1) is 30.3. The molecule has 0 aromatic heterocycles. The molecule has 9 nitrogen and oxygen atoms in total. The van der Waals surface area contributed by atoms with E-state index in [1.807, 2.05) is 60.7 Å². The number of hydrogen-bond donors (Lipinski definition) is 3. The van der Waals surface area contributed by atoms with Crippen LogP contribution in [0, 0.1) is 0 Å². The monoisotopic (exact) mass is 572 g/mol. The zero-order chi connectivity index (χ0) is 29.7. The minimum atomic E-state index is -1.25. The largest absolute Gasteiger partial charge is 0.480 e. The maximum atomic E-state index is 12.4. The number of aliphatic carboxylic acids is 1. The Hall–Kier alpha value is -4.66. The zero-order valence-corrected chi connectivity index (χ0v) is 23.5. The highest BCUT2D eigenvalue weighted by molar-refractivity contribution is 5.82. The fourth-order valence-corrected chi connectivity index (χ4v) is 4.92. The molecule has 0 bridgehead atoms. The molecule has 0 fully saturated rings. The summed E-state index contributed by atoms with van der Waals surface area (Å²) in [5.41, 5.74) is 6.40. The van der Waals surface area contributed by atoms with Crippen LogP contribution in [0.4, 0.5) is 4.79 Å². The molecule has 220 valence electrons. The molecule has 0 heterocycles. The molecule has 0 saturated carbocycles. The summed E-state index contributed by atoms with van der Waals surface area (Å²) in [5, 5.41) is 14.6. The number of alkyl carbamates (subject to hydrolysis) is 1. The highest BCUT2D eigenvalue weighted by Gasteiger charge is 2.23. The van der Waals surface area contributed by atoms with Crippen molar-refractivity contribution < 1.29 is 33.8 Å². The van der Waals surface area contributed by atoms with Gasteiger partial charge in [-0.15, -0.1) is 0 Å². The third-order valence-electron chi connectivity index (χ3n) is 7.18. The molecule has 3 aromatic carbocycles. The van der Waals surface area contributed by atoms with Crippen molar-refractivity contribution in [2.75, 3.05) is 6.54 Å². The Balaban J connectivity index is 1.09. The summed E-state index contributed by atoms with van der Waals surface area (Å²) >= 11 is 0. The van der Waals surface area contributed by atoms with E-state index in [2.05, 4.69) is 22.8 Å². The average Bonchev–Trinajstić information content (AvgIpc) is 3.38. The Kier molecular flexibility index (Phi) is 11.1. The summed E-state index contributed by atoms with van der Waals surface area (Å²) in [4.78, 5) is 48.1. The Morgan fingerprint density at radius 1 is 0.786 bits per heavy atom. The number of amides is 2. The molecule has 0 spiro atoms. The van der Waals surface area contributed by atoms with Gasteiger partial charge in [0.25, 0.3) is 0 Å². The molecule has 0 radical (unpaired) electrons. The smallest absolute Gasteiger partial charge is 0.408 e. The molecule has 1 atom stereocenters. The fourth-order valence-electron chi connectivity index (χ4n) is 4.92. The number of nitrogens with one attached hydrogen (secondary N) is 2. The number of ether oxygens (including phenoxy) is 2. The summed E-state index contributed by atoms with van der Waals surface area (Å²) in [7, 11) is 0. The average molecular weight is 573 g/mol. The van der Waals surface area contributed by atoms with Crippen molar-refractivity contribution in [1.82, 2.24) is 10.6 Å². The first-order valence-electron chi connectivity index (χ1n) is 14.2. The van der Waals surface area contributed by atoms with Crippen LogP contribution in [-0.2, 0) is 43.5 Å². The molecular formula is C33H36N2O7. The van der Waals surface area contributed by atoms with Crippen LogP contribution in [0.15, 0.2) is 72.8 Å². The maximum absolute atomic E-state index is 12.4. The molecule has 3 N–H and O–H groups in total.